The fourth-order valence-electron chi connectivity index (χ4n) is 2.33. The van der Waals surface area contributed by atoms with Crippen LogP contribution in [0.1, 0.15) is 16.1 Å². The van der Waals surface area contributed by atoms with E-state index in [2.05, 4.69) is 10.2 Å². The molecule has 3 rings (SSSR count). The highest BCUT2D eigenvalue weighted by molar-refractivity contribution is 5.92. The van der Waals surface area contributed by atoms with Crippen molar-refractivity contribution in [2.24, 2.45) is 0 Å². The largest absolute Gasteiger partial charge is 0.497 e. The number of aromatic nitrogens is 2. The quantitative estimate of drug-likeness (QED) is 0.773. The van der Waals surface area contributed by atoms with Crippen LogP contribution in [0.4, 0.5) is 0 Å². The molecule has 0 amide bonds. The molecule has 5 nitrogen and oxygen atoms in total. The predicted molar refractivity (Wildman–Crippen MR) is 79.8 cm³/mol. The second-order valence-corrected chi connectivity index (χ2v) is 4.82. The molecule has 0 aliphatic heterocycles. The highest BCUT2D eigenvalue weighted by atomic mass is 16.5. The third-order valence-electron chi connectivity index (χ3n) is 3.48. The van der Waals surface area contributed by atoms with Crippen LogP contribution < -0.4 is 4.74 Å². The van der Waals surface area contributed by atoms with Gasteiger partial charge in [-0.1, -0.05) is 6.07 Å². The summed E-state index contributed by atoms with van der Waals surface area (Å²) in [5.41, 5.74) is 3.79. The first kappa shape index (κ1) is 13.2. The Kier molecular flexibility index (Phi) is 3.10. The number of nitrogens with zero attached hydrogens (tertiary/aromatic N) is 1. The third kappa shape index (κ3) is 2.33. The molecule has 0 aliphatic rings. The molecular formula is C16H14N2O3. The maximum absolute atomic E-state index is 11.2. The Morgan fingerprint density at radius 2 is 2.00 bits per heavy atom. The van der Waals surface area contributed by atoms with Crippen molar-refractivity contribution in [3.8, 4) is 16.9 Å². The number of aryl methyl sites for hydroxylation is 1. The second kappa shape index (κ2) is 4.94. The predicted octanol–water partition coefficient (Wildman–Crippen LogP) is 3.25. The standard InChI is InChI=1S/C16H14N2O3/c1-9-14-8-10(3-4-15(14)18-17-9)11-5-12(16(19)20)7-13(6-11)21-2/h3-8H,1-2H3,(H,17,18)(H,19,20). The molecule has 1 aromatic heterocycles. The number of aromatic amines is 1. The molecular weight excluding hydrogens is 268 g/mol. The van der Waals surface area contributed by atoms with Crippen molar-refractivity contribution in [3.63, 3.8) is 0 Å². The summed E-state index contributed by atoms with van der Waals surface area (Å²) >= 11 is 0. The number of hydrogen-bond acceptors (Lipinski definition) is 3. The number of carboxylic acid groups (broad SMARTS) is 1. The number of carboxylic acids is 1. The fourth-order valence-corrected chi connectivity index (χ4v) is 2.33. The van der Waals surface area contributed by atoms with Crippen molar-refractivity contribution in [2.45, 2.75) is 6.92 Å². The van der Waals surface area contributed by atoms with Gasteiger partial charge < -0.3 is 9.84 Å². The minimum absolute atomic E-state index is 0.202. The molecule has 0 aliphatic carbocycles. The number of H-pyrrole nitrogens is 1. The molecule has 3 aromatic rings. The Morgan fingerprint density at radius 1 is 1.19 bits per heavy atom. The van der Waals surface area contributed by atoms with Crippen molar-refractivity contribution in [1.82, 2.24) is 10.2 Å². The molecule has 5 heteroatoms. The van der Waals surface area contributed by atoms with Gasteiger partial charge in [0.1, 0.15) is 5.75 Å². The molecule has 0 spiro atoms. The lowest BCUT2D eigenvalue weighted by Crippen LogP contribution is -1.97. The third-order valence-corrected chi connectivity index (χ3v) is 3.48. The molecule has 1 heterocycles. The molecule has 0 unspecified atom stereocenters. The highest BCUT2D eigenvalue weighted by Crippen LogP contribution is 2.29. The number of nitrogens with one attached hydrogen (secondary N) is 1. The van der Waals surface area contributed by atoms with Crippen LogP contribution in [0.25, 0.3) is 22.0 Å². The van der Waals surface area contributed by atoms with Crippen molar-refractivity contribution in [1.29, 1.82) is 0 Å². The van der Waals surface area contributed by atoms with E-state index in [-0.39, 0.29) is 5.56 Å². The van der Waals surface area contributed by atoms with Gasteiger partial charge in [-0.05, 0) is 48.4 Å². The summed E-state index contributed by atoms with van der Waals surface area (Å²) in [7, 11) is 1.52. The van der Waals surface area contributed by atoms with Gasteiger partial charge in [-0.3, -0.25) is 5.10 Å². The highest BCUT2D eigenvalue weighted by Gasteiger charge is 2.10. The second-order valence-electron chi connectivity index (χ2n) is 4.82. The Balaban J connectivity index is 2.18. The maximum Gasteiger partial charge on any atom is 0.335 e. The first-order valence-electron chi connectivity index (χ1n) is 6.46. The number of methoxy groups -OCH3 is 1. The van der Waals surface area contributed by atoms with E-state index in [9.17, 15) is 9.90 Å². The van der Waals surface area contributed by atoms with E-state index in [4.69, 9.17) is 4.74 Å². The van der Waals surface area contributed by atoms with Crippen molar-refractivity contribution in [3.05, 3.63) is 47.7 Å². The van der Waals surface area contributed by atoms with Crippen LogP contribution >= 0.6 is 0 Å². The molecule has 21 heavy (non-hydrogen) atoms. The molecule has 0 fully saturated rings. The monoisotopic (exact) mass is 282 g/mol. The van der Waals surface area contributed by atoms with E-state index in [0.29, 0.717) is 5.75 Å². The van der Waals surface area contributed by atoms with E-state index in [0.717, 1.165) is 27.7 Å². The van der Waals surface area contributed by atoms with Gasteiger partial charge in [0.05, 0.1) is 23.9 Å². The number of benzene rings is 2. The van der Waals surface area contributed by atoms with Gasteiger partial charge in [-0.15, -0.1) is 0 Å². The minimum atomic E-state index is -0.976. The van der Waals surface area contributed by atoms with Crippen LogP contribution in [0.3, 0.4) is 0 Å². The zero-order valence-electron chi connectivity index (χ0n) is 11.7. The van der Waals surface area contributed by atoms with E-state index in [1.165, 1.54) is 13.2 Å². The minimum Gasteiger partial charge on any atom is -0.497 e. The Hall–Kier alpha value is -2.82. The Morgan fingerprint density at radius 3 is 2.71 bits per heavy atom. The van der Waals surface area contributed by atoms with Crippen molar-refractivity contribution in [2.75, 3.05) is 7.11 Å². The number of aromatic carboxylic acids is 1. The van der Waals surface area contributed by atoms with E-state index < -0.39 is 5.97 Å². The van der Waals surface area contributed by atoms with Gasteiger partial charge in [0, 0.05) is 5.39 Å². The summed E-state index contributed by atoms with van der Waals surface area (Å²) in [5, 5.41) is 17.3. The molecule has 106 valence electrons. The lowest BCUT2D eigenvalue weighted by Gasteiger charge is -2.07. The van der Waals surface area contributed by atoms with Crippen molar-refractivity contribution >= 4 is 16.9 Å². The van der Waals surface area contributed by atoms with Crippen LogP contribution in [-0.4, -0.2) is 28.4 Å². The normalized spacial score (nSPS) is 10.8. The maximum atomic E-state index is 11.2. The van der Waals surface area contributed by atoms with E-state index in [1.54, 1.807) is 6.07 Å². The summed E-state index contributed by atoms with van der Waals surface area (Å²) in [6, 6.07) is 10.8. The molecule has 0 saturated heterocycles. The first-order chi connectivity index (χ1) is 10.1. The zero-order chi connectivity index (χ0) is 15.0. The van der Waals surface area contributed by atoms with E-state index >= 15 is 0 Å². The van der Waals surface area contributed by atoms with Crippen molar-refractivity contribution < 1.29 is 14.6 Å². The Labute approximate surface area is 121 Å². The summed E-state index contributed by atoms with van der Waals surface area (Å²) < 4.78 is 5.18. The van der Waals surface area contributed by atoms with Crippen LogP contribution in [0.2, 0.25) is 0 Å². The van der Waals surface area contributed by atoms with E-state index in [1.807, 2.05) is 31.2 Å². The molecule has 0 bridgehead atoms. The number of fused-ring (bicyclic) bond motifs is 1. The zero-order valence-corrected chi connectivity index (χ0v) is 11.7. The number of rotatable bonds is 3. The first-order valence-corrected chi connectivity index (χ1v) is 6.46. The lowest BCUT2D eigenvalue weighted by atomic mass is 10.0. The van der Waals surface area contributed by atoms with Crippen LogP contribution in [0, 0.1) is 6.92 Å². The number of ether oxygens (including phenoxy) is 1. The van der Waals surface area contributed by atoms with Crippen LogP contribution in [-0.2, 0) is 0 Å². The average molecular weight is 282 g/mol. The SMILES string of the molecule is COc1cc(C(=O)O)cc(-c2ccc3[nH]nc(C)c3c2)c1. The molecule has 0 radical (unpaired) electrons. The molecule has 2 aromatic carbocycles. The fraction of sp³-hybridized carbons (Fsp3) is 0.125. The Bertz CT molecular complexity index is 837. The molecule has 2 N–H and O–H groups in total. The number of carbonyl (C=O) groups is 1. The van der Waals surface area contributed by atoms with Gasteiger partial charge in [0.15, 0.2) is 0 Å². The van der Waals surface area contributed by atoms with Crippen LogP contribution in [0.15, 0.2) is 36.4 Å². The van der Waals surface area contributed by atoms with Gasteiger partial charge >= 0.3 is 5.97 Å². The molecule has 0 saturated carbocycles. The summed E-state index contributed by atoms with van der Waals surface area (Å²) in [6.07, 6.45) is 0. The topological polar surface area (TPSA) is 75.2 Å². The van der Waals surface area contributed by atoms with Gasteiger partial charge in [0.2, 0.25) is 0 Å². The lowest BCUT2D eigenvalue weighted by molar-refractivity contribution is 0.0696. The summed E-state index contributed by atoms with van der Waals surface area (Å²) in [4.78, 5) is 11.2. The average Bonchev–Trinajstić information content (AvgIpc) is 2.87. The summed E-state index contributed by atoms with van der Waals surface area (Å²) in [5.74, 6) is -0.454. The van der Waals surface area contributed by atoms with Gasteiger partial charge in [-0.25, -0.2) is 4.79 Å². The summed E-state index contributed by atoms with van der Waals surface area (Å²) in [6.45, 7) is 1.93. The van der Waals surface area contributed by atoms with Gasteiger partial charge in [0.25, 0.3) is 0 Å². The van der Waals surface area contributed by atoms with Crippen LogP contribution in [0.5, 0.6) is 5.75 Å². The smallest absolute Gasteiger partial charge is 0.335 e. The molecule has 0 atom stereocenters. The number of hydrogen-bond donors (Lipinski definition) is 2. The van der Waals surface area contributed by atoms with Gasteiger partial charge in [-0.2, -0.15) is 5.10 Å².